The summed E-state index contributed by atoms with van der Waals surface area (Å²) in [7, 11) is 3.19. The van der Waals surface area contributed by atoms with Crippen molar-refractivity contribution in [1.29, 1.82) is 0 Å². The monoisotopic (exact) mass is 266 g/mol. The molecule has 0 aliphatic heterocycles. The lowest BCUT2D eigenvalue weighted by molar-refractivity contribution is 0.178. The highest BCUT2D eigenvalue weighted by atomic mass is 16.5. The van der Waals surface area contributed by atoms with Gasteiger partial charge in [-0.05, 0) is 25.2 Å². The fraction of sp³-hybridized carbons (Fsp3) is 0.571. The molecule has 5 nitrogen and oxygen atoms in total. The third kappa shape index (κ3) is 3.23. The van der Waals surface area contributed by atoms with E-state index in [1.807, 2.05) is 6.07 Å². The van der Waals surface area contributed by atoms with Gasteiger partial charge in [0.2, 0.25) is 0 Å². The molecule has 5 heteroatoms. The van der Waals surface area contributed by atoms with Crippen LogP contribution in [-0.2, 0) is 0 Å². The number of nitrogen functional groups attached to an aromatic ring is 1. The Morgan fingerprint density at radius 2 is 1.95 bits per heavy atom. The molecule has 0 radical (unpaired) electrons. The van der Waals surface area contributed by atoms with Gasteiger partial charge in [0.15, 0.2) is 11.5 Å². The maximum atomic E-state index is 9.51. The van der Waals surface area contributed by atoms with E-state index < -0.39 is 0 Å². The first-order valence-corrected chi connectivity index (χ1v) is 6.57. The average molecular weight is 266 g/mol. The molecule has 0 amide bonds. The standard InChI is InChI=1S/C14H22N2O3/c1-18-13-6-11(15)12(7-14(13)19-2)16-8-9-3-4-10(17)5-9/h6-7,9-10,16-17H,3-5,8,15H2,1-2H3. The summed E-state index contributed by atoms with van der Waals surface area (Å²) in [4.78, 5) is 0. The Labute approximate surface area is 113 Å². The molecule has 0 heterocycles. The van der Waals surface area contributed by atoms with E-state index in [0.717, 1.165) is 31.5 Å². The number of nitrogens with one attached hydrogen (secondary N) is 1. The largest absolute Gasteiger partial charge is 0.493 e. The van der Waals surface area contributed by atoms with Gasteiger partial charge in [-0.2, -0.15) is 0 Å². The molecule has 19 heavy (non-hydrogen) atoms. The molecule has 0 spiro atoms. The van der Waals surface area contributed by atoms with Gasteiger partial charge in [-0.25, -0.2) is 0 Å². The van der Waals surface area contributed by atoms with Gasteiger partial charge in [-0.3, -0.25) is 0 Å². The molecule has 2 unspecified atom stereocenters. The molecule has 1 aromatic carbocycles. The number of hydrogen-bond donors (Lipinski definition) is 3. The van der Waals surface area contributed by atoms with Crippen LogP contribution in [0.3, 0.4) is 0 Å². The van der Waals surface area contributed by atoms with Crippen molar-refractivity contribution >= 4 is 11.4 Å². The zero-order chi connectivity index (χ0) is 13.8. The SMILES string of the molecule is COc1cc(N)c(NCC2CCC(O)C2)cc1OC. The summed E-state index contributed by atoms with van der Waals surface area (Å²) >= 11 is 0. The molecule has 2 rings (SSSR count). The molecular formula is C14H22N2O3. The van der Waals surface area contributed by atoms with Crippen LogP contribution in [0.4, 0.5) is 11.4 Å². The first kappa shape index (κ1) is 13.8. The fourth-order valence-corrected chi connectivity index (χ4v) is 2.54. The summed E-state index contributed by atoms with van der Waals surface area (Å²) in [6, 6.07) is 3.60. The summed E-state index contributed by atoms with van der Waals surface area (Å²) < 4.78 is 10.5. The van der Waals surface area contributed by atoms with Gasteiger partial charge in [0, 0.05) is 18.7 Å². The molecule has 1 fully saturated rings. The third-order valence-electron chi connectivity index (χ3n) is 3.65. The summed E-state index contributed by atoms with van der Waals surface area (Å²) in [5.74, 6) is 1.79. The average Bonchev–Trinajstić information content (AvgIpc) is 2.82. The zero-order valence-corrected chi connectivity index (χ0v) is 11.5. The number of rotatable bonds is 5. The van der Waals surface area contributed by atoms with Gasteiger partial charge in [0.25, 0.3) is 0 Å². The zero-order valence-electron chi connectivity index (χ0n) is 11.5. The van der Waals surface area contributed by atoms with E-state index in [1.165, 1.54) is 0 Å². The smallest absolute Gasteiger partial charge is 0.162 e. The number of aliphatic hydroxyl groups excluding tert-OH is 1. The molecule has 1 aliphatic rings. The Balaban J connectivity index is 2.03. The highest BCUT2D eigenvalue weighted by Gasteiger charge is 2.22. The van der Waals surface area contributed by atoms with E-state index in [1.54, 1.807) is 20.3 Å². The van der Waals surface area contributed by atoms with E-state index >= 15 is 0 Å². The number of ether oxygens (including phenoxy) is 2. The van der Waals surface area contributed by atoms with Gasteiger partial charge in [0.05, 0.1) is 31.7 Å². The summed E-state index contributed by atoms with van der Waals surface area (Å²) in [5.41, 5.74) is 7.47. The van der Waals surface area contributed by atoms with Gasteiger partial charge in [0.1, 0.15) is 0 Å². The number of nitrogens with two attached hydrogens (primary N) is 1. The van der Waals surface area contributed by atoms with Crippen molar-refractivity contribution in [2.45, 2.75) is 25.4 Å². The van der Waals surface area contributed by atoms with Crippen molar-refractivity contribution in [3.05, 3.63) is 12.1 Å². The number of hydrogen-bond acceptors (Lipinski definition) is 5. The molecule has 1 saturated carbocycles. The number of aliphatic hydroxyl groups is 1. The summed E-state index contributed by atoms with van der Waals surface area (Å²) in [6.45, 7) is 0.816. The normalized spacial score (nSPS) is 22.3. The van der Waals surface area contributed by atoms with Crippen LogP contribution in [-0.4, -0.2) is 32.0 Å². The van der Waals surface area contributed by atoms with Crippen molar-refractivity contribution in [3.63, 3.8) is 0 Å². The van der Waals surface area contributed by atoms with Crippen molar-refractivity contribution in [1.82, 2.24) is 0 Å². The second-order valence-electron chi connectivity index (χ2n) is 5.01. The first-order chi connectivity index (χ1) is 9.13. The predicted octanol–water partition coefficient (Wildman–Crippen LogP) is 1.86. The molecule has 0 bridgehead atoms. The second kappa shape index (κ2) is 6.02. The Hall–Kier alpha value is -1.62. The van der Waals surface area contributed by atoms with E-state index in [0.29, 0.717) is 23.1 Å². The Morgan fingerprint density at radius 3 is 2.53 bits per heavy atom. The number of anilines is 2. The van der Waals surface area contributed by atoms with Gasteiger partial charge >= 0.3 is 0 Å². The van der Waals surface area contributed by atoms with E-state index in [2.05, 4.69) is 5.32 Å². The minimum absolute atomic E-state index is 0.144. The number of benzene rings is 1. The lowest BCUT2D eigenvalue weighted by Crippen LogP contribution is -2.13. The molecule has 1 aromatic rings. The molecule has 2 atom stereocenters. The van der Waals surface area contributed by atoms with Crippen molar-refractivity contribution in [3.8, 4) is 11.5 Å². The van der Waals surface area contributed by atoms with Crippen LogP contribution in [0.15, 0.2) is 12.1 Å². The van der Waals surface area contributed by atoms with Crippen molar-refractivity contribution < 1.29 is 14.6 Å². The topological polar surface area (TPSA) is 76.7 Å². The van der Waals surface area contributed by atoms with Crippen molar-refractivity contribution in [2.24, 2.45) is 5.92 Å². The predicted molar refractivity (Wildman–Crippen MR) is 75.8 cm³/mol. The minimum Gasteiger partial charge on any atom is -0.493 e. The van der Waals surface area contributed by atoms with Gasteiger partial charge in [-0.15, -0.1) is 0 Å². The highest BCUT2D eigenvalue weighted by Crippen LogP contribution is 2.35. The van der Waals surface area contributed by atoms with Crippen LogP contribution < -0.4 is 20.5 Å². The molecule has 0 saturated heterocycles. The maximum absolute atomic E-state index is 9.51. The Kier molecular flexibility index (Phi) is 4.37. The third-order valence-corrected chi connectivity index (χ3v) is 3.65. The lowest BCUT2D eigenvalue weighted by atomic mass is 10.1. The first-order valence-electron chi connectivity index (χ1n) is 6.57. The molecule has 4 N–H and O–H groups in total. The fourth-order valence-electron chi connectivity index (χ4n) is 2.54. The summed E-state index contributed by atoms with van der Waals surface area (Å²) in [6.07, 6.45) is 2.67. The minimum atomic E-state index is -0.144. The quantitative estimate of drug-likeness (QED) is 0.709. The van der Waals surface area contributed by atoms with E-state index in [4.69, 9.17) is 15.2 Å². The van der Waals surface area contributed by atoms with E-state index in [-0.39, 0.29) is 6.10 Å². The summed E-state index contributed by atoms with van der Waals surface area (Å²) in [5, 5.41) is 12.8. The maximum Gasteiger partial charge on any atom is 0.162 e. The lowest BCUT2D eigenvalue weighted by Gasteiger charge is -2.16. The van der Waals surface area contributed by atoms with Crippen LogP contribution in [0.1, 0.15) is 19.3 Å². The van der Waals surface area contributed by atoms with Crippen molar-refractivity contribution in [2.75, 3.05) is 31.8 Å². The van der Waals surface area contributed by atoms with Crippen LogP contribution in [0.2, 0.25) is 0 Å². The molecule has 0 aromatic heterocycles. The molecule has 106 valence electrons. The van der Waals surface area contributed by atoms with Crippen LogP contribution in [0, 0.1) is 5.92 Å². The number of methoxy groups -OCH3 is 2. The van der Waals surface area contributed by atoms with Gasteiger partial charge in [-0.1, -0.05) is 0 Å². The van der Waals surface area contributed by atoms with Gasteiger partial charge < -0.3 is 25.6 Å². The van der Waals surface area contributed by atoms with E-state index in [9.17, 15) is 5.11 Å². The Morgan fingerprint density at radius 1 is 1.26 bits per heavy atom. The highest BCUT2D eigenvalue weighted by molar-refractivity contribution is 5.72. The second-order valence-corrected chi connectivity index (χ2v) is 5.01. The van der Waals surface area contributed by atoms with Crippen LogP contribution >= 0.6 is 0 Å². The van der Waals surface area contributed by atoms with Crippen LogP contribution in [0.25, 0.3) is 0 Å². The molecular weight excluding hydrogens is 244 g/mol. The molecule has 1 aliphatic carbocycles. The Bertz CT molecular complexity index is 437. The van der Waals surface area contributed by atoms with Crippen LogP contribution in [0.5, 0.6) is 11.5 Å².